The summed E-state index contributed by atoms with van der Waals surface area (Å²) in [4.78, 5) is 14.0. The summed E-state index contributed by atoms with van der Waals surface area (Å²) in [6, 6.07) is 4.85. The first-order valence-electron chi connectivity index (χ1n) is 8.61. The number of halogens is 1. The minimum absolute atomic E-state index is 0.00199. The summed E-state index contributed by atoms with van der Waals surface area (Å²) in [7, 11) is 1.45. The first kappa shape index (κ1) is 21.2. The Kier molecular flexibility index (Phi) is 7.67. The smallest absolute Gasteiger partial charge is 0.410 e. The van der Waals surface area contributed by atoms with Crippen molar-refractivity contribution in [2.75, 3.05) is 20.2 Å². The molecule has 0 bridgehead atoms. The Balaban J connectivity index is 2.62. The Hall–Kier alpha value is -1.82. The fraction of sp³-hybridized carbons (Fsp3) is 0.632. The van der Waals surface area contributed by atoms with Crippen LogP contribution in [-0.2, 0) is 4.74 Å². The van der Waals surface area contributed by atoms with Crippen LogP contribution in [-0.4, -0.2) is 42.8 Å². The number of carbonyl (C=O) groups excluding carboxylic acids is 1. The molecule has 6 heteroatoms. The Morgan fingerprint density at radius 1 is 1.28 bits per heavy atom. The van der Waals surface area contributed by atoms with Gasteiger partial charge >= 0.3 is 6.09 Å². The largest absolute Gasteiger partial charge is 0.494 e. The molecule has 0 aliphatic carbocycles. The SMILES string of the molecule is COc1cc(C(C)NCCN(C(=O)OC(C)(C)C)C(C)C)ccc1F. The molecule has 0 aliphatic rings. The average molecular weight is 354 g/mol. The van der Waals surface area contributed by atoms with Gasteiger partial charge in [-0.2, -0.15) is 0 Å². The van der Waals surface area contributed by atoms with Gasteiger partial charge < -0.3 is 19.7 Å². The van der Waals surface area contributed by atoms with Gasteiger partial charge in [0.05, 0.1) is 7.11 Å². The molecule has 1 aromatic carbocycles. The predicted molar refractivity (Wildman–Crippen MR) is 97.4 cm³/mol. The summed E-state index contributed by atoms with van der Waals surface area (Å²) in [6.07, 6.45) is -0.319. The molecule has 1 atom stereocenters. The molecular formula is C19H31FN2O3. The molecule has 1 N–H and O–H groups in total. The Bertz CT molecular complexity index is 570. The van der Waals surface area contributed by atoms with Gasteiger partial charge in [0.15, 0.2) is 11.6 Å². The minimum Gasteiger partial charge on any atom is -0.494 e. The third-order valence-corrected chi connectivity index (χ3v) is 3.73. The lowest BCUT2D eigenvalue weighted by molar-refractivity contribution is 0.0192. The molecule has 0 spiro atoms. The molecular weight excluding hydrogens is 323 g/mol. The highest BCUT2D eigenvalue weighted by Gasteiger charge is 2.23. The summed E-state index contributed by atoms with van der Waals surface area (Å²) in [5, 5.41) is 3.35. The topological polar surface area (TPSA) is 50.8 Å². The second-order valence-electron chi connectivity index (χ2n) is 7.34. The highest BCUT2D eigenvalue weighted by Crippen LogP contribution is 2.22. The van der Waals surface area contributed by atoms with Gasteiger partial charge in [-0.1, -0.05) is 6.07 Å². The molecule has 25 heavy (non-hydrogen) atoms. The van der Waals surface area contributed by atoms with E-state index in [-0.39, 0.29) is 29.7 Å². The standard InChI is InChI=1S/C19H31FN2O3/c1-13(2)22(18(23)25-19(4,5)6)11-10-21-14(3)15-8-9-16(20)17(12-15)24-7/h8-9,12-14,21H,10-11H2,1-7H3. The predicted octanol–water partition coefficient (Wildman–Crippen LogP) is 4.13. The molecule has 0 fully saturated rings. The summed E-state index contributed by atoms with van der Waals surface area (Å²) in [5.74, 6) is -0.155. The van der Waals surface area contributed by atoms with Crippen LogP contribution in [0.3, 0.4) is 0 Å². The van der Waals surface area contributed by atoms with E-state index in [1.807, 2.05) is 41.5 Å². The van der Waals surface area contributed by atoms with Gasteiger partial charge in [-0.25, -0.2) is 9.18 Å². The van der Waals surface area contributed by atoms with Gasteiger partial charge in [0.1, 0.15) is 5.60 Å². The van der Waals surface area contributed by atoms with E-state index in [0.717, 1.165) is 5.56 Å². The van der Waals surface area contributed by atoms with E-state index in [0.29, 0.717) is 13.1 Å². The van der Waals surface area contributed by atoms with E-state index in [2.05, 4.69) is 5.32 Å². The molecule has 1 rings (SSSR count). The fourth-order valence-electron chi connectivity index (χ4n) is 2.35. The van der Waals surface area contributed by atoms with Crippen molar-refractivity contribution in [1.29, 1.82) is 0 Å². The quantitative estimate of drug-likeness (QED) is 0.800. The Labute approximate surface area is 150 Å². The molecule has 0 radical (unpaired) electrons. The summed E-state index contributed by atoms with van der Waals surface area (Å²) in [5.41, 5.74) is 0.405. The van der Waals surface area contributed by atoms with Gasteiger partial charge in [-0.3, -0.25) is 0 Å². The number of methoxy groups -OCH3 is 1. The van der Waals surface area contributed by atoms with Gasteiger partial charge in [0.25, 0.3) is 0 Å². The van der Waals surface area contributed by atoms with E-state index < -0.39 is 5.60 Å². The van der Waals surface area contributed by atoms with Gasteiger partial charge in [-0.15, -0.1) is 0 Å². The highest BCUT2D eigenvalue weighted by atomic mass is 19.1. The summed E-state index contributed by atoms with van der Waals surface area (Å²) in [6.45, 7) is 12.6. The highest BCUT2D eigenvalue weighted by molar-refractivity contribution is 5.68. The van der Waals surface area contributed by atoms with Crippen molar-refractivity contribution in [3.8, 4) is 5.75 Å². The maximum atomic E-state index is 13.5. The van der Waals surface area contributed by atoms with Crippen LogP contribution in [0.5, 0.6) is 5.75 Å². The van der Waals surface area contributed by atoms with Crippen LogP contribution in [0, 0.1) is 5.82 Å². The molecule has 1 aromatic rings. The lowest BCUT2D eigenvalue weighted by Crippen LogP contribution is -2.44. The molecule has 0 heterocycles. The van der Waals surface area contributed by atoms with Crippen LogP contribution >= 0.6 is 0 Å². The van der Waals surface area contributed by atoms with Crippen LogP contribution in [0.4, 0.5) is 9.18 Å². The monoisotopic (exact) mass is 354 g/mol. The van der Waals surface area contributed by atoms with Crippen LogP contribution in [0.25, 0.3) is 0 Å². The second-order valence-corrected chi connectivity index (χ2v) is 7.34. The lowest BCUT2D eigenvalue weighted by Gasteiger charge is -2.30. The van der Waals surface area contributed by atoms with Crippen LogP contribution in [0.15, 0.2) is 18.2 Å². The maximum absolute atomic E-state index is 13.5. The number of amides is 1. The van der Waals surface area contributed by atoms with Crippen LogP contribution in [0.1, 0.15) is 53.1 Å². The average Bonchev–Trinajstić information content (AvgIpc) is 2.49. The van der Waals surface area contributed by atoms with E-state index in [1.54, 1.807) is 17.0 Å². The Morgan fingerprint density at radius 3 is 2.44 bits per heavy atom. The molecule has 0 saturated heterocycles. The molecule has 0 saturated carbocycles. The number of ether oxygens (including phenoxy) is 2. The summed E-state index contributed by atoms with van der Waals surface area (Å²) < 4.78 is 24.0. The minimum atomic E-state index is -0.518. The van der Waals surface area contributed by atoms with Crippen molar-refractivity contribution < 1.29 is 18.7 Å². The fourth-order valence-corrected chi connectivity index (χ4v) is 2.35. The van der Waals surface area contributed by atoms with Gasteiger partial charge in [0.2, 0.25) is 0 Å². The number of hydrogen-bond acceptors (Lipinski definition) is 4. The van der Waals surface area contributed by atoms with Crippen molar-refractivity contribution in [2.45, 2.75) is 59.2 Å². The van der Waals surface area contributed by atoms with E-state index in [1.165, 1.54) is 13.2 Å². The lowest BCUT2D eigenvalue weighted by atomic mass is 10.1. The second kappa shape index (κ2) is 9.04. The molecule has 5 nitrogen and oxygen atoms in total. The number of hydrogen-bond donors (Lipinski definition) is 1. The number of carbonyl (C=O) groups is 1. The Morgan fingerprint density at radius 2 is 1.92 bits per heavy atom. The van der Waals surface area contributed by atoms with Crippen molar-refractivity contribution in [1.82, 2.24) is 10.2 Å². The number of nitrogens with zero attached hydrogens (tertiary/aromatic N) is 1. The van der Waals surface area contributed by atoms with Gasteiger partial charge in [-0.05, 0) is 59.2 Å². The zero-order valence-electron chi connectivity index (χ0n) is 16.4. The first-order valence-corrected chi connectivity index (χ1v) is 8.61. The van der Waals surface area contributed by atoms with Crippen molar-refractivity contribution >= 4 is 6.09 Å². The molecule has 0 aromatic heterocycles. The maximum Gasteiger partial charge on any atom is 0.410 e. The normalized spacial score (nSPS) is 12.8. The number of benzene rings is 1. The number of rotatable bonds is 7. The molecule has 1 amide bonds. The third kappa shape index (κ3) is 6.90. The first-order chi connectivity index (χ1) is 11.5. The number of nitrogens with one attached hydrogen (secondary N) is 1. The van der Waals surface area contributed by atoms with Crippen molar-refractivity contribution in [2.24, 2.45) is 0 Å². The van der Waals surface area contributed by atoms with Crippen LogP contribution in [0.2, 0.25) is 0 Å². The molecule has 0 aliphatic heterocycles. The van der Waals surface area contributed by atoms with E-state index >= 15 is 0 Å². The zero-order valence-corrected chi connectivity index (χ0v) is 16.4. The molecule has 1 unspecified atom stereocenters. The zero-order chi connectivity index (χ0) is 19.2. The molecule has 142 valence electrons. The van der Waals surface area contributed by atoms with Crippen LogP contribution < -0.4 is 10.1 Å². The summed E-state index contributed by atoms with van der Waals surface area (Å²) >= 11 is 0. The van der Waals surface area contributed by atoms with Crippen molar-refractivity contribution in [3.63, 3.8) is 0 Å². The van der Waals surface area contributed by atoms with E-state index in [4.69, 9.17) is 9.47 Å². The van der Waals surface area contributed by atoms with E-state index in [9.17, 15) is 9.18 Å². The third-order valence-electron chi connectivity index (χ3n) is 3.73. The van der Waals surface area contributed by atoms with Gasteiger partial charge in [0, 0.05) is 25.2 Å². The van der Waals surface area contributed by atoms with Crippen molar-refractivity contribution in [3.05, 3.63) is 29.6 Å².